The molecule has 0 saturated carbocycles. The number of aromatic nitrogens is 4. The lowest BCUT2D eigenvalue weighted by atomic mass is 10.1. The van der Waals surface area contributed by atoms with E-state index in [0.717, 1.165) is 27.7 Å². The van der Waals surface area contributed by atoms with Crippen molar-refractivity contribution in [3.05, 3.63) is 102 Å². The molecule has 0 aliphatic heterocycles. The maximum Gasteiger partial charge on any atom is 0.175 e. The van der Waals surface area contributed by atoms with Gasteiger partial charge in [-0.05, 0) is 24.6 Å². The number of thioether (sulfide) groups is 1. The van der Waals surface area contributed by atoms with Crippen molar-refractivity contribution in [2.75, 3.05) is 0 Å². The van der Waals surface area contributed by atoms with E-state index in [4.69, 9.17) is 9.97 Å². The van der Waals surface area contributed by atoms with Crippen molar-refractivity contribution < 1.29 is 0 Å². The van der Waals surface area contributed by atoms with Crippen molar-refractivity contribution in [3.63, 3.8) is 0 Å². The predicted octanol–water partition coefficient (Wildman–Crippen LogP) is 5.95. The molecule has 0 bridgehead atoms. The molecule has 6 heteroatoms. The monoisotopic (exact) mass is 433 g/mol. The number of rotatable bonds is 5. The maximum absolute atomic E-state index is 9.83. The molecule has 0 radical (unpaired) electrons. The van der Waals surface area contributed by atoms with Crippen molar-refractivity contribution in [2.45, 2.75) is 17.8 Å². The Hall–Kier alpha value is -3.95. The first-order valence-corrected chi connectivity index (χ1v) is 11.2. The molecule has 2 heterocycles. The summed E-state index contributed by atoms with van der Waals surface area (Å²) in [6.07, 6.45) is 0. The van der Waals surface area contributed by atoms with Gasteiger partial charge in [0.2, 0.25) is 0 Å². The fourth-order valence-corrected chi connectivity index (χ4v) is 4.44. The van der Waals surface area contributed by atoms with Crippen LogP contribution in [-0.2, 0) is 5.75 Å². The summed E-state index contributed by atoms with van der Waals surface area (Å²) in [5.41, 5.74) is 5.61. The molecule has 5 nitrogen and oxygen atoms in total. The van der Waals surface area contributed by atoms with E-state index in [0.29, 0.717) is 17.0 Å². The normalized spacial score (nSPS) is 10.9. The SMILES string of the molecule is Cc1ccc(-c2nc(C#N)c3nc(SCc4ccccc4)n(-c4ccccc4)c3n2)cc1. The molecule has 5 rings (SSSR count). The fourth-order valence-electron chi connectivity index (χ4n) is 3.48. The van der Waals surface area contributed by atoms with Crippen molar-refractivity contribution in [3.8, 4) is 23.1 Å². The van der Waals surface area contributed by atoms with Crippen LogP contribution in [0.25, 0.3) is 28.2 Å². The predicted molar refractivity (Wildman–Crippen MR) is 128 cm³/mol. The molecule has 0 spiro atoms. The summed E-state index contributed by atoms with van der Waals surface area (Å²) < 4.78 is 2.02. The van der Waals surface area contributed by atoms with Crippen LogP contribution in [0.2, 0.25) is 0 Å². The van der Waals surface area contributed by atoms with Crippen LogP contribution in [0, 0.1) is 18.3 Å². The van der Waals surface area contributed by atoms with Gasteiger partial charge in [-0.3, -0.25) is 4.57 Å². The Morgan fingerprint density at radius 2 is 1.53 bits per heavy atom. The third kappa shape index (κ3) is 3.86. The third-order valence-electron chi connectivity index (χ3n) is 5.12. The number of nitrogens with zero attached hydrogens (tertiary/aromatic N) is 5. The highest BCUT2D eigenvalue weighted by Gasteiger charge is 2.20. The largest absolute Gasteiger partial charge is 0.271 e. The van der Waals surface area contributed by atoms with Crippen molar-refractivity contribution in [1.82, 2.24) is 19.5 Å². The average Bonchev–Trinajstić information content (AvgIpc) is 3.22. The van der Waals surface area contributed by atoms with E-state index in [9.17, 15) is 5.26 Å². The molecule has 32 heavy (non-hydrogen) atoms. The van der Waals surface area contributed by atoms with Crippen LogP contribution in [0.4, 0.5) is 0 Å². The third-order valence-corrected chi connectivity index (χ3v) is 6.13. The molecule has 154 valence electrons. The van der Waals surface area contributed by atoms with Gasteiger partial charge in [0.05, 0.1) is 0 Å². The lowest BCUT2D eigenvalue weighted by Crippen LogP contribution is -2.00. The van der Waals surface area contributed by atoms with Gasteiger partial charge in [-0.15, -0.1) is 0 Å². The Balaban J connectivity index is 1.69. The van der Waals surface area contributed by atoms with Gasteiger partial charge in [0, 0.05) is 17.0 Å². The topological polar surface area (TPSA) is 67.4 Å². The second kappa shape index (κ2) is 8.66. The summed E-state index contributed by atoms with van der Waals surface area (Å²) in [5.74, 6) is 1.28. The minimum absolute atomic E-state index is 0.279. The van der Waals surface area contributed by atoms with Crippen LogP contribution in [0.15, 0.2) is 90.1 Å². The molecule has 0 aliphatic rings. The highest BCUT2D eigenvalue weighted by molar-refractivity contribution is 7.98. The van der Waals surface area contributed by atoms with Crippen LogP contribution >= 0.6 is 11.8 Å². The molecule has 0 N–H and O–H groups in total. The number of nitriles is 1. The zero-order valence-electron chi connectivity index (χ0n) is 17.4. The van der Waals surface area contributed by atoms with E-state index in [1.165, 1.54) is 5.56 Å². The minimum Gasteiger partial charge on any atom is -0.271 e. The first-order chi connectivity index (χ1) is 15.7. The Morgan fingerprint density at radius 1 is 0.844 bits per heavy atom. The van der Waals surface area contributed by atoms with Crippen LogP contribution in [0.5, 0.6) is 0 Å². The van der Waals surface area contributed by atoms with Crippen molar-refractivity contribution in [1.29, 1.82) is 5.26 Å². The first kappa shape index (κ1) is 20.0. The molecule has 0 aliphatic carbocycles. The lowest BCUT2D eigenvalue weighted by Gasteiger charge is -2.09. The molecule has 0 saturated heterocycles. The zero-order valence-corrected chi connectivity index (χ0v) is 18.3. The van der Waals surface area contributed by atoms with Gasteiger partial charge in [-0.2, -0.15) is 5.26 Å². The molecule has 0 atom stereocenters. The van der Waals surface area contributed by atoms with Gasteiger partial charge >= 0.3 is 0 Å². The summed E-state index contributed by atoms with van der Waals surface area (Å²) >= 11 is 1.62. The van der Waals surface area contributed by atoms with Crippen molar-refractivity contribution >= 4 is 22.9 Å². The summed E-state index contributed by atoms with van der Waals surface area (Å²) in [6.45, 7) is 2.04. The van der Waals surface area contributed by atoms with Gasteiger partial charge < -0.3 is 0 Å². The van der Waals surface area contributed by atoms with E-state index in [1.807, 2.05) is 84.3 Å². The van der Waals surface area contributed by atoms with Gasteiger partial charge in [0.1, 0.15) is 11.6 Å². The van der Waals surface area contributed by atoms with Crippen LogP contribution in [-0.4, -0.2) is 19.5 Å². The molecule has 0 fully saturated rings. The Bertz CT molecular complexity index is 1420. The number of para-hydroxylation sites is 1. The van der Waals surface area contributed by atoms with Crippen LogP contribution in [0.1, 0.15) is 16.8 Å². The quantitative estimate of drug-likeness (QED) is 0.320. The summed E-state index contributed by atoms with van der Waals surface area (Å²) in [5, 5.41) is 10.6. The Kier molecular flexibility index (Phi) is 5.40. The number of fused-ring (bicyclic) bond motifs is 1. The van der Waals surface area contributed by atoms with Crippen LogP contribution < -0.4 is 0 Å². The summed E-state index contributed by atoms with van der Waals surface area (Å²) in [7, 11) is 0. The standard InChI is InChI=1S/C26H19N5S/c1-18-12-14-20(15-13-18)24-28-22(16-27)23-25(30-24)31(21-10-6-3-7-11-21)26(29-23)32-17-19-8-4-2-5-9-19/h2-15H,17H2,1H3. The first-order valence-electron chi connectivity index (χ1n) is 10.2. The molecular weight excluding hydrogens is 414 g/mol. The Morgan fingerprint density at radius 3 is 2.22 bits per heavy atom. The van der Waals surface area contributed by atoms with Gasteiger partial charge in [0.15, 0.2) is 22.3 Å². The smallest absolute Gasteiger partial charge is 0.175 e. The molecule has 3 aromatic carbocycles. The van der Waals surface area contributed by atoms with E-state index in [1.54, 1.807) is 11.8 Å². The molecule has 2 aromatic heterocycles. The number of benzene rings is 3. The number of aryl methyl sites for hydroxylation is 1. The number of hydrogen-bond acceptors (Lipinski definition) is 5. The second-order valence-corrected chi connectivity index (χ2v) is 8.33. The minimum atomic E-state index is 0.279. The highest BCUT2D eigenvalue weighted by Crippen LogP contribution is 2.31. The summed E-state index contributed by atoms with van der Waals surface area (Å²) in [4.78, 5) is 14.2. The average molecular weight is 434 g/mol. The molecular formula is C26H19N5S. The van der Waals surface area contributed by atoms with Gasteiger partial charge in [-0.25, -0.2) is 15.0 Å². The van der Waals surface area contributed by atoms with E-state index in [2.05, 4.69) is 23.2 Å². The molecule has 0 amide bonds. The fraction of sp³-hybridized carbons (Fsp3) is 0.0769. The second-order valence-electron chi connectivity index (χ2n) is 7.39. The number of hydrogen-bond donors (Lipinski definition) is 0. The van der Waals surface area contributed by atoms with E-state index >= 15 is 0 Å². The highest BCUT2D eigenvalue weighted by atomic mass is 32.2. The zero-order chi connectivity index (χ0) is 21.9. The van der Waals surface area contributed by atoms with E-state index in [-0.39, 0.29) is 5.69 Å². The Labute approximate surface area is 190 Å². The van der Waals surface area contributed by atoms with Crippen LogP contribution in [0.3, 0.4) is 0 Å². The molecule has 0 unspecified atom stereocenters. The lowest BCUT2D eigenvalue weighted by molar-refractivity contribution is 0.909. The number of imidazole rings is 1. The van der Waals surface area contributed by atoms with Gasteiger partial charge in [0.25, 0.3) is 0 Å². The van der Waals surface area contributed by atoms with E-state index < -0.39 is 0 Å². The van der Waals surface area contributed by atoms with Gasteiger partial charge in [-0.1, -0.05) is 90.1 Å². The molecule has 5 aromatic rings. The maximum atomic E-state index is 9.83. The van der Waals surface area contributed by atoms with Crippen molar-refractivity contribution in [2.24, 2.45) is 0 Å². The summed E-state index contributed by atoms with van der Waals surface area (Å²) in [6, 6.07) is 30.5.